The summed E-state index contributed by atoms with van der Waals surface area (Å²) < 4.78 is 6.27. The van der Waals surface area contributed by atoms with Crippen LogP contribution in [-0.2, 0) is 5.41 Å². The third-order valence-electron chi connectivity index (χ3n) is 2.41. The molecule has 0 unspecified atom stereocenters. The molecule has 1 aromatic carbocycles. The van der Waals surface area contributed by atoms with Crippen molar-refractivity contribution < 1.29 is 4.74 Å². The van der Waals surface area contributed by atoms with Crippen LogP contribution in [-0.4, -0.2) is 13.7 Å². The van der Waals surface area contributed by atoms with Gasteiger partial charge in [0.2, 0.25) is 0 Å². The molecule has 0 aliphatic rings. The highest BCUT2D eigenvalue weighted by Crippen LogP contribution is 2.32. The van der Waals surface area contributed by atoms with Gasteiger partial charge in [-0.3, -0.25) is 0 Å². The van der Waals surface area contributed by atoms with Gasteiger partial charge in [-0.05, 0) is 23.8 Å². The number of benzene rings is 1. The lowest BCUT2D eigenvalue weighted by Gasteiger charge is -2.24. The van der Waals surface area contributed by atoms with Crippen LogP contribution in [0.4, 0.5) is 0 Å². The van der Waals surface area contributed by atoms with Crippen LogP contribution in [0, 0.1) is 0 Å². The minimum absolute atomic E-state index is 0.0344. The van der Waals surface area contributed by atoms with Gasteiger partial charge in [0, 0.05) is 16.4 Å². The maximum absolute atomic E-state index is 5.74. The number of rotatable bonds is 3. The largest absolute Gasteiger partial charge is 0.497 e. The van der Waals surface area contributed by atoms with Crippen molar-refractivity contribution in [2.45, 2.75) is 19.3 Å². The quantitative estimate of drug-likeness (QED) is 0.904. The van der Waals surface area contributed by atoms with E-state index in [1.165, 1.54) is 5.56 Å². The zero-order chi connectivity index (χ0) is 10.8. The summed E-state index contributed by atoms with van der Waals surface area (Å²) in [6, 6.07) is 5.95. The smallest absolute Gasteiger partial charge is 0.119 e. The second-order valence-corrected chi connectivity index (χ2v) is 4.79. The molecule has 2 nitrogen and oxygen atoms in total. The summed E-state index contributed by atoms with van der Waals surface area (Å²) in [4.78, 5) is 0. The Morgan fingerprint density at radius 1 is 1.43 bits per heavy atom. The molecule has 0 heterocycles. The zero-order valence-electron chi connectivity index (χ0n) is 8.80. The van der Waals surface area contributed by atoms with Gasteiger partial charge in [-0.15, -0.1) is 0 Å². The van der Waals surface area contributed by atoms with Crippen LogP contribution in [0.25, 0.3) is 0 Å². The highest BCUT2D eigenvalue weighted by atomic mass is 79.9. The van der Waals surface area contributed by atoms with Crippen LogP contribution < -0.4 is 10.5 Å². The van der Waals surface area contributed by atoms with Crippen LogP contribution in [0.5, 0.6) is 5.75 Å². The molecule has 0 saturated carbocycles. The molecule has 1 rings (SSSR count). The fraction of sp³-hybridized carbons (Fsp3) is 0.455. The first-order valence-electron chi connectivity index (χ1n) is 4.55. The van der Waals surface area contributed by atoms with Crippen molar-refractivity contribution in [1.29, 1.82) is 0 Å². The monoisotopic (exact) mass is 257 g/mol. The molecule has 0 saturated heterocycles. The number of methoxy groups -OCH3 is 1. The van der Waals surface area contributed by atoms with Crippen LogP contribution in [0.1, 0.15) is 19.4 Å². The molecule has 1 aromatic rings. The first-order valence-corrected chi connectivity index (χ1v) is 5.34. The molecule has 2 N–H and O–H groups in total. The van der Waals surface area contributed by atoms with Crippen molar-refractivity contribution in [3.05, 3.63) is 28.2 Å². The Morgan fingerprint density at radius 3 is 2.57 bits per heavy atom. The molecule has 14 heavy (non-hydrogen) atoms. The second-order valence-electron chi connectivity index (χ2n) is 3.93. The van der Waals surface area contributed by atoms with Gasteiger partial charge in [0.15, 0.2) is 0 Å². The minimum Gasteiger partial charge on any atom is -0.497 e. The van der Waals surface area contributed by atoms with Gasteiger partial charge < -0.3 is 10.5 Å². The van der Waals surface area contributed by atoms with Gasteiger partial charge in [0.05, 0.1) is 7.11 Å². The number of hydrogen-bond donors (Lipinski definition) is 1. The predicted octanol–water partition coefficient (Wildman–Crippen LogP) is 2.69. The summed E-state index contributed by atoms with van der Waals surface area (Å²) in [6.07, 6.45) is 0. The van der Waals surface area contributed by atoms with Crippen LogP contribution in [0.3, 0.4) is 0 Å². The number of ether oxygens (including phenoxy) is 1. The topological polar surface area (TPSA) is 35.2 Å². The molecule has 0 aliphatic carbocycles. The van der Waals surface area contributed by atoms with E-state index in [-0.39, 0.29) is 5.41 Å². The maximum atomic E-state index is 5.74. The molecule has 0 atom stereocenters. The SMILES string of the molecule is COc1ccc(Br)c(C(C)(C)CN)c1. The lowest BCUT2D eigenvalue weighted by molar-refractivity contribution is 0.412. The molecular formula is C11H16BrNO. The minimum atomic E-state index is -0.0344. The van der Waals surface area contributed by atoms with Gasteiger partial charge in [-0.1, -0.05) is 29.8 Å². The Hall–Kier alpha value is -0.540. The van der Waals surface area contributed by atoms with E-state index in [4.69, 9.17) is 10.5 Å². The molecule has 0 fully saturated rings. The molecule has 0 spiro atoms. The number of nitrogens with two attached hydrogens (primary N) is 1. The van der Waals surface area contributed by atoms with E-state index < -0.39 is 0 Å². The molecule has 0 aliphatic heterocycles. The van der Waals surface area contributed by atoms with Gasteiger partial charge in [-0.25, -0.2) is 0 Å². The Labute approximate surface area is 93.6 Å². The Balaban J connectivity index is 3.18. The first-order chi connectivity index (χ1) is 6.51. The highest BCUT2D eigenvalue weighted by molar-refractivity contribution is 9.10. The zero-order valence-corrected chi connectivity index (χ0v) is 10.4. The average Bonchev–Trinajstić information content (AvgIpc) is 2.18. The number of hydrogen-bond acceptors (Lipinski definition) is 2. The van der Waals surface area contributed by atoms with Crippen molar-refractivity contribution in [2.24, 2.45) is 5.73 Å². The average molecular weight is 258 g/mol. The maximum Gasteiger partial charge on any atom is 0.119 e. The van der Waals surface area contributed by atoms with E-state index in [1.807, 2.05) is 18.2 Å². The fourth-order valence-electron chi connectivity index (χ4n) is 1.26. The fourth-order valence-corrected chi connectivity index (χ4v) is 2.04. The third kappa shape index (κ3) is 2.28. The van der Waals surface area contributed by atoms with Crippen molar-refractivity contribution >= 4 is 15.9 Å². The van der Waals surface area contributed by atoms with E-state index in [0.717, 1.165) is 10.2 Å². The Kier molecular flexibility index (Phi) is 3.56. The molecular weight excluding hydrogens is 242 g/mol. The Morgan fingerprint density at radius 2 is 2.07 bits per heavy atom. The standard InChI is InChI=1S/C11H16BrNO/c1-11(2,7-13)9-6-8(14-3)4-5-10(9)12/h4-6H,7,13H2,1-3H3. The molecule has 0 amide bonds. The van der Waals surface area contributed by atoms with Crippen LogP contribution in [0.2, 0.25) is 0 Å². The summed E-state index contributed by atoms with van der Waals surface area (Å²) >= 11 is 3.53. The van der Waals surface area contributed by atoms with Gasteiger partial charge in [0.1, 0.15) is 5.75 Å². The van der Waals surface area contributed by atoms with Gasteiger partial charge in [-0.2, -0.15) is 0 Å². The predicted molar refractivity (Wildman–Crippen MR) is 62.8 cm³/mol. The highest BCUT2D eigenvalue weighted by Gasteiger charge is 2.21. The molecule has 0 radical (unpaired) electrons. The lowest BCUT2D eigenvalue weighted by atomic mass is 9.85. The van der Waals surface area contributed by atoms with Crippen molar-refractivity contribution in [2.75, 3.05) is 13.7 Å². The molecule has 3 heteroatoms. The van der Waals surface area contributed by atoms with Gasteiger partial charge in [0.25, 0.3) is 0 Å². The lowest BCUT2D eigenvalue weighted by Crippen LogP contribution is -2.28. The van der Waals surface area contributed by atoms with E-state index in [2.05, 4.69) is 29.8 Å². The Bertz CT molecular complexity index is 323. The van der Waals surface area contributed by atoms with Crippen molar-refractivity contribution in [1.82, 2.24) is 0 Å². The summed E-state index contributed by atoms with van der Waals surface area (Å²) in [5.41, 5.74) is 6.88. The van der Waals surface area contributed by atoms with Crippen LogP contribution >= 0.6 is 15.9 Å². The normalized spacial score (nSPS) is 11.5. The van der Waals surface area contributed by atoms with Crippen molar-refractivity contribution in [3.8, 4) is 5.75 Å². The number of halogens is 1. The summed E-state index contributed by atoms with van der Waals surface area (Å²) in [5, 5.41) is 0. The summed E-state index contributed by atoms with van der Waals surface area (Å²) in [6.45, 7) is 4.85. The molecule has 78 valence electrons. The van der Waals surface area contributed by atoms with Gasteiger partial charge >= 0.3 is 0 Å². The van der Waals surface area contributed by atoms with E-state index in [9.17, 15) is 0 Å². The first kappa shape index (κ1) is 11.5. The van der Waals surface area contributed by atoms with E-state index in [0.29, 0.717) is 6.54 Å². The van der Waals surface area contributed by atoms with Crippen molar-refractivity contribution in [3.63, 3.8) is 0 Å². The van der Waals surface area contributed by atoms with E-state index >= 15 is 0 Å². The third-order valence-corrected chi connectivity index (χ3v) is 3.10. The second kappa shape index (κ2) is 4.32. The molecule has 0 bridgehead atoms. The molecule has 0 aromatic heterocycles. The van der Waals surface area contributed by atoms with Crippen LogP contribution in [0.15, 0.2) is 22.7 Å². The summed E-state index contributed by atoms with van der Waals surface area (Å²) in [7, 11) is 1.67. The van der Waals surface area contributed by atoms with E-state index in [1.54, 1.807) is 7.11 Å². The summed E-state index contributed by atoms with van der Waals surface area (Å²) in [5.74, 6) is 0.865.